The molecular formula is C10H17N5O2S. The largest absolute Gasteiger partial charge is 0.461 e. The van der Waals surface area contributed by atoms with E-state index >= 15 is 0 Å². The van der Waals surface area contributed by atoms with Gasteiger partial charge in [0.15, 0.2) is 5.16 Å². The monoisotopic (exact) mass is 271 g/mol. The van der Waals surface area contributed by atoms with E-state index in [2.05, 4.69) is 20.3 Å². The smallest absolute Gasteiger partial charge is 0.322 e. The first-order chi connectivity index (χ1) is 8.51. The predicted molar refractivity (Wildman–Crippen MR) is 69.4 cm³/mol. The normalized spacial score (nSPS) is 10.4. The number of carbonyl (C=O) groups excluding carboxylic acids is 1. The highest BCUT2D eigenvalue weighted by molar-refractivity contribution is 7.99. The van der Waals surface area contributed by atoms with Crippen LogP contribution in [0.25, 0.3) is 0 Å². The fourth-order valence-corrected chi connectivity index (χ4v) is 1.72. The van der Waals surface area contributed by atoms with Gasteiger partial charge in [0.05, 0.1) is 11.9 Å². The molecule has 0 saturated carbocycles. The molecule has 8 heteroatoms. The molecule has 1 aromatic heterocycles. The Labute approximate surface area is 110 Å². The maximum absolute atomic E-state index is 11.3. The van der Waals surface area contributed by atoms with Crippen LogP contribution in [-0.4, -0.2) is 39.3 Å². The zero-order valence-corrected chi connectivity index (χ0v) is 11.5. The Morgan fingerprint density at radius 3 is 2.78 bits per heavy atom. The molecule has 0 atom stereocenters. The molecule has 0 saturated heterocycles. The lowest BCUT2D eigenvalue weighted by molar-refractivity contribution is -0.118. The first kappa shape index (κ1) is 14.5. The van der Waals surface area contributed by atoms with Crippen LogP contribution in [0.4, 0.5) is 5.95 Å². The number of hydrogen-bond donors (Lipinski definition) is 2. The van der Waals surface area contributed by atoms with Gasteiger partial charge in [-0.1, -0.05) is 11.8 Å². The number of carbonyl (C=O) groups is 1. The third-order valence-corrected chi connectivity index (χ3v) is 2.51. The van der Waals surface area contributed by atoms with Crippen molar-refractivity contribution < 1.29 is 9.53 Å². The lowest BCUT2D eigenvalue weighted by Gasteiger charge is -2.08. The van der Waals surface area contributed by atoms with E-state index in [-0.39, 0.29) is 29.7 Å². The van der Waals surface area contributed by atoms with Crippen LogP contribution in [0.1, 0.15) is 20.8 Å². The Morgan fingerprint density at radius 2 is 2.17 bits per heavy atom. The Kier molecular flexibility index (Phi) is 5.63. The third-order valence-electron chi connectivity index (χ3n) is 1.66. The van der Waals surface area contributed by atoms with Crippen LogP contribution < -0.4 is 15.8 Å². The molecule has 0 fully saturated rings. The van der Waals surface area contributed by atoms with E-state index in [4.69, 9.17) is 10.5 Å². The van der Waals surface area contributed by atoms with Crippen molar-refractivity contribution in [3.63, 3.8) is 0 Å². The molecule has 18 heavy (non-hydrogen) atoms. The van der Waals surface area contributed by atoms with Crippen molar-refractivity contribution in [1.29, 1.82) is 0 Å². The number of rotatable bonds is 6. The number of nitrogens with two attached hydrogens (primary N) is 1. The second kappa shape index (κ2) is 7.00. The summed E-state index contributed by atoms with van der Waals surface area (Å²) in [6.45, 7) is 6.18. The number of thioether (sulfide) groups is 1. The van der Waals surface area contributed by atoms with Crippen LogP contribution in [0.15, 0.2) is 5.16 Å². The van der Waals surface area contributed by atoms with E-state index in [1.54, 1.807) is 0 Å². The number of ether oxygens (including phenoxy) is 1. The van der Waals surface area contributed by atoms with Gasteiger partial charge < -0.3 is 15.8 Å². The van der Waals surface area contributed by atoms with Crippen molar-refractivity contribution >= 4 is 23.6 Å². The second-order valence-electron chi connectivity index (χ2n) is 3.67. The molecule has 1 heterocycles. The van der Waals surface area contributed by atoms with Gasteiger partial charge in [-0.05, 0) is 20.8 Å². The lowest BCUT2D eigenvalue weighted by Crippen LogP contribution is -2.24. The molecule has 1 amide bonds. The molecule has 0 radical (unpaired) electrons. The first-order valence-electron chi connectivity index (χ1n) is 5.59. The van der Waals surface area contributed by atoms with Crippen molar-refractivity contribution in [2.75, 3.05) is 18.0 Å². The summed E-state index contributed by atoms with van der Waals surface area (Å²) in [6, 6.07) is 0.177. The molecule has 0 aliphatic heterocycles. The summed E-state index contributed by atoms with van der Waals surface area (Å²) in [4.78, 5) is 23.2. The van der Waals surface area contributed by atoms with E-state index < -0.39 is 0 Å². The molecule has 7 nitrogen and oxygen atoms in total. The lowest BCUT2D eigenvalue weighted by atomic mass is 10.5. The van der Waals surface area contributed by atoms with Gasteiger partial charge in [-0.3, -0.25) is 4.79 Å². The van der Waals surface area contributed by atoms with Crippen LogP contribution >= 0.6 is 11.8 Å². The van der Waals surface area contributed by atoms with E-state index in [1.807, 2.05) is 20.8 Å². The van der Waals surface area contributed by atoms with Gasteiger partial charge in [0.2, 0.25) is 11.9 Å². The van der Waals surface area contributed by atoms with Crippen LogP contribution in [0.2, 0.25) is 0 Å². The standard InChI is InChI=1S/C10H17N5O2S/c1-4-12-7(16)5-18-10-14-8(11)13-9(15-10)17-6(2)3/h6H,4-5H2,1-3H3,(H,12,16)(H2,11,13,14,15). The van der Waals surface area contributed by atoms with Crippen molar-refractivity contribution in [3.8, 4) is 6.01 Å². The van der Waals surface area contributed by atoms with Crippen LogP contribution in [-0.2, 0) is 4.79 Å². The van der Waals surface area contributed by atoms with E-state index in [0.29, 0.717) is 11.7 Å². The van der Waals surface area contributed by atoms with Gasteiger partial charge in [-0.25, -0.2) is 0 Å². The zero-order chi connectivity index (χ0) is 13.5. The summed E-state index contributed by atoms with van der Waals surface area (Å²) >= 11 is 1.19. The number of nitrogen functional groups attached to an aromatic ring is 1. The van der Waals surface area contributed by atoms with Crippen molar-refractivity contribution in [2.45, 2.75) is 32.0 Å². The Hall–Kier alpha value is -1.57. The predicted octanol–water partition coefficient (Wildman–Crippen LogP) is 0.469. The van der Waals surface area contributed by atoms with Crippen LogP contribution in [0.3, 0.4) is 0 Å². The van der Waals surface area contributed by atoms with E-state index in [1.165, 1.54) is 11.8 Å². The number of amides is 1. The molecular weight excluding hydrogens is 254 g/mol. The molecule has 0 unspecified atom stereocenters. The van der Waals surface area contributed by atoms with Gasteiger partial charge in [-0.15, -0.1) is 0 Å². The Balaban J connectivity index is 2.65. The average Bonchev–Trinajstić information content (AvgIpc) is 2.25. The zero-order valence-electron chi connectivity index (χ0n) is 10.6. The van der Waals surface area contributed by atoms with Crippen molar-refractivity contribution in [2.24, 2.45) is 0 Å². The SMILES string of the molecule is CCNC(=O)CSc1nc(N)nc(OC(C)C)n1. The average molecular weight is 271 g/mol. The molecule has 0 aliphatic rings. The highest BCUT2D eigenvalue weighted by atomic mass is 32.2. The highest BCUT2D eigenvalue weighted by Gasteiger charge is 2.09. The number of hydrogen-bond acceptors (Lipinski definition) is 7. The first-order valence-corrected chi connectivity index (χ1v) is 6.57. The van der Waals surface area contributed by atoms with Gasteiger partial charge in [-0.2, -0.15) is 15.0 Å². The van der Waals surface area contributed by atoms with Gasteiger partial charge in [0, 0.05) is 6.54 Å². The summed E-state index contributed by atoms with van der Waals surface area (Å²) in [5.74, 6) is 0.241. The number of aromatic nitrogens is 3. The van der Waals surface area contributed by atoms with E-state index in [9.17, 15) is 4.79 Å². The molecule has 0 aromatic carbocycles. The second-order valence-corrected chi connectivity index (χ2v) is 4.61. The van der Waals surface area contributed by atoms with E-state index in [0.717, 1.165) is 0 Å². The number of nitrogens with one attached hydrogen (secondary N) is 1. The minimum Gasteiger partial charge on any atom is -0.461 e. The highest BCUT2D eigenvalue weighted by Crippen LogP contribution is 2.16. The van der Waals surface area contributed by atoms with Crippen molar-refractivity contribution in [1.82, 2.24) is 20.3 Å². The van der Waals surface area contributed by atoms with Gasteiger partial charge in [0.25, 0.3) is 0 Å². The molecule has 0 aliphatic carbocycles. The number of anilines is 1. The molecule has 0 bridgehead atoms. The maximum atomic E-state index is 11.3. The fraction of sp³-hybridized carbons (Fsp3) is 0.600. The summed E-state index contributed by atoms with van der Waals surface area (Å²) in [5.41, 5.74) is 5.54. The topological polar surface area (TPSA) is 103 Å². The van der Waals surface area contributed by atoms with Crippen LogP contribution in [0.5, 0.6) is 6.01 Å². The summed E-state index contributed by atoms with van der Waals surface area (Å²) in [5, 5.41) is 3.06. The van der Waals surface area contributed by atoms with Crippen LogP contribution in [0, 0.1) is 0 Å². The number of nitrogens with zero attached hydrogens (tertiary/aromatic N) is 3. The quantitative estimate of drug-likeness (QED) is 0.725. The molecule has 1 aromatic rings. The summed E-state index contributed by atoms with van der Waals surface area (Å²) in [7, 11) is 0. The minimum absolute atomic E-state index is 0.0481. The summed E-state index contributed by atoms with van der Waals surface area (Å²) < 4.78 is 5.33. The molecule has 3 N–H and O–H groups in total. The Morgan fingerprint density at radius 1 is 1.44 bits per heavy atom. The molecule has 1 rings (SSSR count). The third kappa shape index (κ3) is 5.17. The summed E-state index contributed by atoms with van der Waals surface area (Å²) in [6.07, 6.45) is -0.0481. The minimum atomic E-state index is -0.0761. The maximum Gasteiger partial charge on any atom is 0.322 e. The van der Waals surface area contributed by atoms with Crippen molar-refractivity contribution in [3.05, 3.63) is 0 Å². The molecule has 0 spiro atoms. The fourth-order valence-electron chi connectivity index (χ4n) is 1.06. The molecule has 100 valence electrons. The van der Waals surface area contributed by atoms with Gasteiger partial charge in [0.1, 0.15) is 0 Å². The Bertz CT molecular complexity index is 413. The van der Waals surface area contributed by atoms with Gasteiger partial charge >= 0.3 is 6.01 Å².